The Kier molecular flexibility index (Phi) is 7.30. The van der Waals surface area contributed by atoms with Crippen LogP contribution in [0.2, 0.25) is 0 Å². The molecule has 0 spiro atoms. The largest absolute Gasteiger partial charge is 0.356 e. The number of carbonyl (C=O) groups excluding carboxylic acids is 2. The third kappa shape index (κ3) is 5.82. The molecule has 7 nitrogen and oxygen atoms in total. The van der Waals surface area contributed by atoms with Gasteiger partial charge in [-0.1, -0.05) is 54.6 Å². The first-order valence-corrected chi connectivity index (χ1v) is 11.1. The number of hydrogen-bond acceptors (Lipinski definition) is 4. The molecule has 0 bridgehead atoms. The van der Waals surface area contributed by atoms with E-state index in [0.717, 1.165) is 30.6 Å². The number of hydrogen-bond donors (Lipinski definition) is 2. The Balaban J connectivity index is 1.31. The van der Waals surface area contributed by atoms with E-state index in [-0.39, 0.29) is 18.2 Å². The van der Waals surface area contributed by atoms with Gasteiger partial charge in [0.2, 0.25) is 11.8 Å². The van der Waals surface area contributed by atoms with Crippen molar-refractivity contribution < 1.29 is 9.59 Å². The Labute approximate surface area is 188 Å². The van der Waals surface area contributed by atoms with E-state index in [0.29, 0.717) is 19.6 Å². The van der Waals surface area contributed by atoms with Crippen LogP contribution in [0.1, 0.15) is 18.4 Å². The summed E-state index contributed by atoms with van der Waals surface area (Å²) >= 11 is 0. The Morgan fingerprint density at radius 2 is 1.84 bits per heavy atom. The van der Waals surface area contributed by atoms with E-state index in [9.17, 15) is 9.59 Å². The second-order valence-electron chi connectivity index (χ2n) is 8.02. The molecule has 1 aromatic heterocycles. The maximum absolute atomic E-state index is 12.5. The summed E-state index contributed by atoms with van der Waals surface area (Å²) < 4.78 is 1.84. The minimum Gasteiger partial charge on any atom is -0.356 e. The number of nitrogens with zero attached hydrogens (tertiary/aromatic N) is 3. The Hall–Kier alpha value is -3.45. The zero-order chi connectivity index (χ0) is 22.2. The molecule has 2 N–H and O–H groups in total. The zero-order valence-corrected chi connectivity index (χ0v) is 18.1. The van der Waals surface area contributed by atoms with Crippen molar-refractivity contribution in [1.29, 1.82) is 0 Å². The number of aromatic nitrogens is 2. The van der Waals surface area contributed by atoms with Crippen LogP contribution in [0.3, 0.4) is 0 Å². The van der Waals surface area contributed by atoms with E-state index in [2.05, 4.69) is 57.0 Å². The van der Waals surface area contributed by atoms with Gasteiger partial charge in [0, 0.05) is 45.1 Å². The van der Waals surface area contributed by atoms with Gasteiger partial charge < -0.3 is 10.6 Å². The minimum absolute atomic E-state index is 0.0798. The molecule has 1 aliphatic heterocycles. The minimum atomic E-state index is -0.455. The molecule has 1 saturated heterocycles. The highest BCUT2D eigenvalue weighted by Gasteiger charge is 2.31. The summed E-state index contributed by atoms with van der Waals surface area (Å²) in [5.74, 6) is -0.180. The van der Waals surface area contributed by atoms with Gasteiger partial charge in [-0.15, -0.1) is 0 Å². The first-order chi connectivity index (χ1) is 15.7. The monoisotopic (exact) mass is 431 g/mol. The molecular weight excluding hydrogens is 402 g/mol. The molecule has 166 valence electrons. The quantitative estimate of drug-likeness (QED) is 0.510. The second kappa shape index (κ2) is 10.7. The van der Waals surface area contributed by atoms with Crippen LogP contribution in [0.25, 0.3) is 11.1 Å². The second-order valence-corrected chi connectivity index (χ2v) is 8.02. The van der Waals surface area contributed by atoms with Crippen molar-refractivity contribution in [2.75, 3.05) is 19.6 Å². The first kappa shape index (κ1) is 21.8. The van der Waals surface area contributed by atoms with Gasteiger partial charge in [0.15, 0.2) is 0 Å². The molecule has 0 aliphatic carbocycles. The van der Waals surface area contributed by atoms with Crippen molar-refractivity contribution in [2.45, 2.75) is 32.0 Å². The van der Waals surface area contributed by atoms with Gasteiger partial charge >= 0.3 is 0 Å². The molecule has 32 heavy (non-hydrogen) atoms. The van der Waals surface area contributed by atoms with Gasteiger partial charge in [-0.25, -0.2) is 0 Å². The summed E-state index contributed by atoms with van der Waals surface area (Å²) in [7, 11) is 0. The van der Waals surface area contributed by atoms with Crippen molar-refractivity contribution in [1.82, 2.24) is 25.3 Å². The zero-order valence-electron chi connectivity index (χ0n) is 18.1. The van der Waals surface area contributed by atoms with Crippen LogP contribution in [0.4, 0.5) is 0 Å². The number of benzene rings is 2. The van der Waals surface area contributed by atoms with Gasteiger partial charge in [-0.3, -0.25) is 19.2 Å². The third-order valence-electron chi connectivity index (χ3n) is 5.71. The summed E-state index contributed by atoms with van der Waals surface area (Å²) in [6, 6.07) is 20.1. The first-order valence-electron chi connectivity index (χ1n) is 11.1. The topological polar surface area (TPSA) is 79.3 Å². The molecule has 1 fully saturated rings. The summed E-state index contributed by atoms with van der Waals surface area (Å²) in [5, 5.41) is 9.99. The van der Waals surface area contributed by atoms with Gasteiger partial charge in [-0.2, -0.15) is 5.10 Å². The molecule has 0 radical (unpaired) electrons. The van der Waals surface area contributed by atoms with E-state index in [1.165, 1.54) is 5.56 Å². The Morgan fingerprint density at radius 3 is 2.59 bits per heavy atom. The van der Waals surface area contributed by atoms with Crippen LogP contribution < -0.4 is 10.6 Å². The van der Waals surface area contributed by atoms with Crippen LogP contribution in [0.15, 0.2) is 73.1 Å². The fourth-order valence-electron chi connectivity index (χ4n) is 3.99. The lowest BCUT2D eigenvalue weighted by atomic mass is 10.0. The Bertz CT molecular complexity index is 1000. The van der Waals surface area contributed by atoms with Crippen molar-refractivity contribution in [3.05, 3.63) is 78.6 Å². The summed E-state index contributed by atoms with van der Waals surface area (Å²) in [4.78, 5) is 27.1. The predicted molar refractivity (Wildman–Crippen MR) is 124 cm³/mol. The molecule has 4 rings (SSSR count). The standard InChI is InChI=1S/C25H29N5O2/c31-24(26-12-4-15-30-16-5-13-28-30)18-23-25(32)27-14-17-29(23)19-20-8-10-22(11-9-20)21-6-2-1-3-7-21/h1-3,5-11,13,16,23H,4,12,14-15,17-19H2,(H,26,31)(H,27,32)/t23-/m0/s1. The number of rotatable bonds is 9. The molecule has 7 heteroatoms. The maximum Gasteiger partial charge on any atom is 0.237 e. The van der Waals surface area contributed by atoms with Crippen molar-refractivity contribution >= 4 is 11.8 Å². The molecule has 0 saturated carbocycles. The average Bonchev–Trinajstić information content (AvgIpc) is 3.34. The van der Waals surface area contributed by atoms with E-state index < -0.39 is 6.04 Å². The highest BCUT2D eigenvalue weighted by molar-refractivity contribution is 5.88. The number of carbonyl (C=O) groups is 2. The van der Waals surface area contributed by atoms with Gasteiger partial charge in [0.1, 0.15) is 0 Å². The van der Waals surface area contributed by atoms with Crippen LogP contribution in [-0.4, -0.2) is 52.2 Å². The molecule has 1 atom stereocenters. The number of piperazine rings is 1. The van der Waals surface area contributed by atoms with Gasteiger partial charge in [0.25, 0.3) is 0 Å². The van der Waals surface area contributed by atoms with E-state index in [4.69, 9.17) is 0 Å². The number of nitrogens with one attached hydrogen (secondary N) is 2. The summed E-state index contributed by atoms with van der Waals surface area (Å²) in [5.41, 5.74) is 3.47. The van der Waals surface area contributed by atoms with Crippen molar-refractivity contribution in [3.63, 3.8) is 0 Å². The van der Waals surface area contributed by atoms with E-state index in [1.807, 2.05) is 35.1 Å². The highest BCUT2D eigenvalue weighted by Crippen LogP contribution is 2.21. The molecule has 2 heterocycles. The molecule has 3 aromatic rings. The average molecular weight is 432 g/mol. The van der Waals surface area contributed by atoms with Crippen LogP contribution in [-0.2, 0) is 22.7 Å². The number of aryl methyl sites for hydroxylation is 1. The molecule has 2 aromatic carbocycles. The van der Waals surface area contributed by atoms with Gasteiger partial charge in [0.05, 0.1) is 12.5 Å². The lowest BCUT2D eigenvalue weighted by molar-refractivity contribution is -0.134. The molecular formula is C25H29N5O2. The third-order valence-corrected chi connectivity index (χ3v) is 5.71. The van der Waals surface area contributed by atoms with Crippen LogP contribution in [0, 0.1) is 0 Å². The highest BCUT2D eigenvalue weighted by atomic mass is 16.2. The normalized spacial score (nSPS) is 16.5. The van der Waals surface area contributed by atoms with Crippen molar-refractivity contribution in [2.24, 2.45) is 0 Å². The fraction of sp³-hybridized carbons (Fsp3) is 0.320. The molecule has 2 amide bonds. The SMILES string of the molecule is O=C(C[C@H]1C(=O)NCCN1Cc1ccc(-c2ccccc2)cc1)NCCCn1cccn1. The van der Waals surface area contributed by atoms with Crippen LogP contribution >= 0.6 is 0 Å². The smallest absolute Gasteiger partial charge is 0.237 e. The lowest BCUT2D eigenvalue weighted by Gasteiger charge is -2.34. The van der Waals surface area contributed by atoms with Crippen LogP contribution in [0.5, 0.6) is 0 Å². The van der Waals surface area contributed by atoms with Gasteiger partial charge in [-0.05, 0) is 29.2 Å². The lowest BCUT2D eigenvalue weighted by Crippen LogP contribution is -2.56. The van der Waals surface area contributed by atoms with E-state index in [1.54, 1.807) is 6.20 Å². The molecule has 0 unspecified atom stereocenters. The number of amides is 2. The Morgan fingerprint density at radius 1 is 1.06 bits per heavy atom. The maximum atomic E-state index is 12.5. The van der Waals surface area contributed by atoms with Crippen molar-refractivity contribution in [3.8, 4) is 11.1 Å². The summed E-state index contributed by atoms with van der Waals surface area (Å²) in [6.45, 7) is 3.28. The summed E-state index contributed by atoms with van der Waals surface area (Å²) in [6.07, 6.45) is 4.60. The van der Waals surface area contributed by atoms with E-state index >= 15 is 0 Å². The fourth-order valence-corrected chi connectivity index (χ4v) is 3.99. The molecule has 1 aliphatic rings. The predicted octanol–water partition coefficient (Wildman–Crippen LogP) is 2.45.